The van der Waals surface area contributed by atoms with E-state index in [1.165, 1.54) is 5.57 Å². The molecule has 5 heteroatoms. The maximum Gasteiger partial charge on any atom is 0.243 e. The van der Waals surface area contributed by atoms with Crippen LogP contribution < -0.4 is 0 Å². The highest BCUT2D eigenvalue weighted by molar-refractivity contribution is 14.1. The second-order valence-electron chi connectivity index (χ2n) is 4.17. The van der Waals surface area contributed by atoms with Crippen molar-refractivity contribution < 1.29 is 8.42 Å². The van der Waals surface area contributed by atoms with Gasteiger partial charge in [0.2, 0.25) is 10.0 Å². The SMILES string of the molecule is Cc1ccc(S(=O)(=O)N2CCC(=CI)C2)cc1. The molecule has 0 N–H and O–H groups in total. The van der Waals surface area contributed by atoms with E-state index in [0.717, 1.165) is 12.0 Å². The summed E-state index contributed by atoms with van der Waals surface area (Å²) >= 11 is 2.16. The minimum atomic E-state index is -3.31. The lowest BCUT2D eigenvalue weighted by Gasteiger charge is -2.15. The van der Waals surface area contributed by atoms with Crippen molar-refractivity contribution in [1.82, 2.24) is 4.31 Å². The van der Waals surface area contributed by atoms with Gasteiger partial charge in [0, 0.05) is 13.1 Å². The van der Waals surface area contributed by atoms with E-state index in [1.54, 1.807) is 16.4 Å². The van der Waals surface area contributed by atoms with Gasteiger partial charge in [-0.2, -0.15) is 4.31 Å². The fourth-order valence-corrected chi connectivity index (χ4v) is 3.76. The van der Waals surface area contributed by atoms with Gasteiger partial charge in [-0.1, -0.05) is 40.3 Å². The molecule has 1 saturated heterocycles. The van der Waals surface area contributed by atoms with E-state index in [0.29, 0.717) is 18.0 Å². The number of benzene rings is 1. The highest BCUT2D eigenvalue weighted by atomic mass is 127. The van der Waals surface area contributed by atoms with E-state index >= 15 is 0 Å². The summed E-state index contributed by atoms with van der Waals surface area (Å²) in [6.07, 6.45) is 0.841. The Balaban J connectivity index is 2.28. The Morgan fingerprint density at radius 1 is 1.29 bits per heavy atom. The highest BCUT2D eigenvalue weighted by Gasteiger charge is 2.29. The van der Waals surface area contributed by atoms with Crippen molar-refractivity contribution in [3.63, 3.8) is 0 Å². The maximum absolute atomic E-state index is 12.3. The van der Waals surface area contributed by atoms with Crippen LogP contribution in [0.3, 0.4) is 0 Å². The Hall–Kier alpha value is -0.400. The summed E-state index contributed by atoms with van der Waals surface area (Å²) in [5, 5.41) is 0. The van der Waals surface area contributed by atoms with Gasteiger partial charge in [0.15, 0.2) is 0 Å². The first-order valence-electron chi connectivity index (χ1n) is 5.39. The summed E-state index contributed by atoms with van der Waals surface area (Å²) in [6, 6.07) is 7.02. The number of sulfonamides is 1. The summed E-state index contributed by atoms with van der Waals surface area (Å²) in [5.41, 5.74) is 2.25. The van der Waals surface area contributed by atoms with Crippen LogP contribution in [0, 0.1) is 6.92 Å². The molecular weight excluding hydrogens is 349 g/mol. The molecule has 92 valence electrons. The second-order valence-corrected chi connectivity index (χ2v) is 6.73. The molecule has 1 aromatic carbocycles. The van der Waals surface area contributed by atoms with Gasteiger partial charge < -0.3 is 0 Å². The van der Waals surface area contributed by atoms with Crippen molar-refractivity contribution >= 4 is 32.6 Å². The lowest BCUT2D eigenvalue weighted by Crippen LogP contribution is -2.28. The van der Waals surface area contributed by atoms with Gasteiger partial charge in [-0.25, -0.2) is 8.42 Å². The standard InChI is InChI=1S/C12H14INO2S/c1-10-2-4-12(5-3-10)17(15,16)14-7-6-11(8-13)9-14/h2-5,8H,6-7,9H2,1H3. The Bertz CT molecular complexity index is 534. The topological polar surface area (TPSA) is 37.4 Å². The zero-order valence-corrected chi connectivity index (χ0v) is 12.5. The molecule has 0 unspecified atom stereocenters. The molecule has 1 aliphatic heterocycles. The van der Waals surface area contributed by atoms with Crippen molar-refractivity contribution in [3.8, 4) is 0 Å². The van der Waals surface area contributed by atoms with Crippen LogP contribution in [0.4, 0.5) is 0 Å². The van der Waals surface area contributed by atoms with Crippen LogP contribution in [0.15, 0.2) is 38.8 Å². The molecule has 0 amide bonds. The number of hydrogen-bond donors (Lipinski definition) is 0. The maximum atomic E-state index is 12.3. The van der Waals surface area contributed by atoms with Gasteiger partial charge >= 0.3 is 0 Å². The quantitative estimate of drug-likeness (QED) is 0.758. The third-order valence-corrected chi connectivity index (χ3v) is 5.62. The van der Waals surface area contributed by atoms with Gasteiger partial charge in [0.05, 0.1) is 4.90 Å². The van der Waals surface area contributed by atoms with Crippen molar-refractivity contribution in [2.75, 3.05) is 13.1 Å². The Morgan fingerprint density at radius 3 is 2.47 bits per heavy atom. The lowest BCUT2D eigenvalue weighted by molar-refractivity contribution is 0.481. The molecule has 0 aliphatic carbocycles. The lowest BCUT2D eigenvalue weighted by atomic mass is 10.2. The summed E-state index contributed by atoms with van der Waals surface area (Å²) in [7, 11) is -3.31. The number of halogens is 1. The molecular formula is C12H14INO2S. The Labute approximate surface area is 116 Å². The summed E-state index contributed by atoms with van der Waals surface area (Å²) in [5.74, 6) is 0. The summed E-state index contributed by atoms with van der Waals surface area (Å²) in [6.45, 7) is 3.06. The van der Waals surface area contributed by atoms with E-state index in [9.17, 15) is 8.42 Å². The molecule has 2 rings (SSSR count). The van der Waals surface area contributed by atoms with E-state index in [-0.39, 0.29) is 0 Å². The van der Waals surface area contributed by atoms with E-state index < -0.39 is 10.0 Å². The minimum Gasteiger partial charge on any atom is -0.207 e. The van der Waals surface area contributed by atoms with Gasteiger partial charge in [0.1, 0.15) is 0 Å². The van der Waals surface area contributed by atoms with Gasteiger partial charge in [-0.05, 0) is 35.1 Å². The predicted molar refractivity (Wildman–Crippen MR) is 76.7 cm³/mol. The molecule has 0 radical (unpaired) electrons. The van der Waals surface area contributed by atoms with Crippen molar-refractivity contribution in [1.29, 1.82) is 0 Å². The normalized spacial score (nSPS) is 20.0. The van der Waals surface area contributed by atoms with Crippen molar-refractivity contribution in [2.45, 2.75) is 18.2 Å². The molecule has 1 aromatic rings. The van der Waals surface area contributed by atoms with Crippen LogP contribution in [0.25, 0.3) is 0 Å². The Morgan fingerprint density at radius 2 is 1.94 bits per heavy atom. The van der Waals surface area contributed by atoms with Crippen LogP contribution in [-0.2, 0) is 10.0 Å². The molecule has 17 heavy (non-hydrogen) atoms. The van der Waals surface area contributed by atoms with E-state index in [2.05, 4.69) is 22.6 Å². The molecule has 0 aromatic heterocycles. The van der Waals surface area contributed by atoms with Crippen LogP contribution in [0.1, 0.15) is 12.0 Å². The van der Waals surface area contributed by atoms with Gasteiger partial charge in [0.25, 0.3) is 0 Å². The summed E-state index contributed by atoms with van der Waals surface area (Å²) in [4.78, 5) is 0.387. The van der Waals surface area contributed by atoms with Gasteiger partial charge in [-0.3, -0.25) is 0 Å². The molecule has 3 nitrogen and oxygen atoms in total. The van der Waals surface area contributed by atoms with Crippen LogP contribution in [0.5, 0.6) is 0 Å². The largest absolute Gasteiger partial charge is 0.243 e. The number of hydrogen-bond acceptors (Lipinski definition) is 2. The Kier molecular flexibility index (Phi) is 3.89. The monoisotopic (exact) mass is 363 g/mol. The first kappa shape index (κ1) is 13.0. The molecule has 0 spiro atoms. The first-order valence-corrected chi connectivity index (χ1v) is 8.07. The first-order chi connectivity index (χ1) is 8.04. The molecule has 1 aliphatic rings. The van der Waals surface area contributed by atoms with Gasteiger partial charge in [-0.15, -0.1) is 0 Å². The molecule has 1 fully saturated rings. The van der Waals surface area contributed by atoms with E-state index in [4.69, 9.17) is 0 Å². The zero-order valence-electron chi connectivity index (χ0n) is 9.56. The second kappa shape index (κ2) is 5.07. The van der Waals surface area contributed by atoms with Crippen molar-refractivity contribution in [3.05, 3.63) is 39.5 Å². The number of aryl methyl sites for hydroxylation is 1. The minimum absolute atomic E-state index is 0.387. The smallest absolute Gasteiger partial charge is 0.207 e. The average Bonchev–Trinajstić information content (AvgIpc) is 2.78. The fraction of sp³-hybridized carbons (Fsp3) is 0.333. The van der Waals surface area contributed by atoms with Crippen LogP contribution >= 0.6 is 22.6 Å². The molecule has 0 atom stereocenters. The highest BCUT2D eigenvalue weighted by Crippen LogP contribution is 2.24. The van der Waals surface area contributed by atoms with Crippen molar-refractivity contribution in [2.24, 2.45) is 0 Å². The van der Waals surface area contributed by atoms with E-state index in [1.807, 2.05) is 23.1 Å². The third-order valence-electron chi connectivity index (χ3n) is 2.87. The molecule has 1 heterocycles. The fourth-order valence-electron chi connectivity index (χ4n) is 1.81. The number of nitrogens with zero attached hydrogens (tertiary/aromatic N) is 1. The summed E-state index contributed by atoms with van der Waals surface area (Å²) < 4.78 is 28.1. The molecule has 0 saturated carbocycles. The molecule has 0 bridgehead atoms. The number of rotatable bonds is 2. The third kappa shape index (κ3) is 2.71. The van der Waals surface area contributed by atoms with Crippen LogP contribution in [0.2, 0.25) is 0 Å². The zero-order chi connectivity index (χ0) is 12.5. The average molecular weight is 363 g/mol. The predicted octanol–water partition coefficient (Wildman–Crippen LogP) is 2.71. The van der Waals surface area contributed by atoms with Crippen LogP contribution in [-0.4, -0.2) is 25.8 Å².